The van der Waals surface area contributed by atoms with E-state index in [0.29, 0.717) is 6.04 Å². The van der Waals surface area contributed by atoms with Crippen LogP contribution in [0.3, 0.4) is 0 Å². The van der Waals surface area contributed by atoms with Crippen molar-refractivity contribution in [2.24, 2.45) is 0 Å². The van der Waals surface area contributed by atoms with Crippen LogP contribution in [0.25, 0.3) is 0 Å². The lowest BCUT2D eigenvalue weighted by Gasteiger charge is -2.29. The highest BCUT2D eigenvalue weighted by molar-refractivity contribution is 4.72. The zero-order valence-electron chi connectivity index (χ0n) is 12.3. The second-order valence-corrected chi connectivity index (χ2v) is 6.01. The van der Waals surface area contributed by atoms with Gasteiger partial charge in [0.15, 0.2) is 0 Å². The van der Waals surface area contributed by atoms with E-state index in [-0.39, 0.29) is 5.54 Å². The van der Waals surface area contributed by atoms with Gasteiger partial charge in [-0.05, 0) is 47.6 Å². The Morgan fingerprint density at radius 1 is 1.06 bits per heavy atom. The normalized spacial score (nSPS) is 12.8. The van der Waals surface area contributed by atoms with Gasteiger partial charge >= 0.3 is 0 Å². The second kappa shape index (κ2) is 8.08. The summed E-state index contributed by atoms with van der Waals surface area (Å²) in [7, 11) is 0. The first-order valence-corrected chi connectivity index (χ1v) is 6.86. The smallest absolute Gasteiger partial charge is 0.0110 e. The van der Waals surface area contributed by atoms with Gasteiger partial charge in [-0.25, -0.2) is 0 Å². The number of hydrogen-bond acceptors (Lipinski definition) is 2. The predicted octanol–water partition coefficient (Wildman–Crippen LogP) is 3.28. The third kappa shape index (κ3) is 9.17. The van der Waals surface area contributed by atoms with Crippen LogP contribution in [0.15, 0.2) is 0 Å². The summed E-state index contributed by atoms with van der Waals surface area (Å²) in [4.78, 5) is 2.58. The molecule has 16 heavy (non-hydrogen) atoms. The molecule has 0 saturated heterocycles. The van der Waals surface area contributed by atoms with Crippen molar-refractivity contribution in [3.05, 3.63) is 0 Å². The van der Waals surface area contributed by atoms with Gasteiger partial charge in [-0.3, -0.25) is 4.90 Å². The second-order valence-electron chi connectivity index (χ2n) is 6.01. The maximum absolute atomic E-state index is 3.56. The van der Waals surface area contributed by atoms with E-state index < -0.39 is 0 Å². The number of unbranched alkanes of at least 4 members (excludes halogenated alkanes) is 2. The Morgan fingerprint density at radius 2 is 1.69 bits per heavy atom. The highest BCUT2D eigenvalue weighted by atomic mass is 15.2. The number of hydrogen-bond donors (Lipinski definition) is 1. The van der Waals surface area contributed by atoms with E-state index in [1.165, 1.54) is 32.4 Å². The van der Waals surface area contributed by atoms with E-state index in [9.17, 15) is 0 Å². The van der Waals surface area contributed by atoms with Crippen LogP contribution in [-0.4, -0.2) is 36.1 Å². The van der Waals surface area contributed by atoms with E-state index in [1.807, 2.05) is 0 Å². The molecule has 98 valence electrons. The summed E-state index contributed by atoms with van der Waals surface area (Å²) in [6.07, 6.45) is 4.01. The quantitative estimate of drug-likeness (QED) is 0.641. The fraction of sp³-hybridized carbons (Fsp3) is 1.00. The third-order valence-electron chi connectivity index (χ3n) is 2.83. The molecule has 0 fully saturated rings. The van der Waals surface area contributed by atoms with Crippen molar-refractivity contribution in [1.82, 2.24) is 10.2 Å². The van der Waals surface area contributed by atoms with E-state index >= 15 is 0 Å². The van der Waals surface area contributed by atoms with Crippen molar-refractivity contribution in [3.8, 4) is 0 Å². The molecular weight excluding hydrogens is 196 g/mol. The Bertz CT molecular complexity index is 159. The highest BCUT2D eigenvalue weighted by Crippen LogP contribution is 2.03. The van der Waals surface area contributed by atoms with E-state index in [1.54, 1.807) is 0 Å². The summed E-state index contributed by atoms with van der Waals surface area (Å²) in [5.41, 5.74) is 0.242. The zero-order chi connectivity index (χ0) is 12.6. The van der Waals surface area contributed by atoms with Gasteiger partial charge in [0.2, 0.25) is 0 Å². The van der Waals surface area contributed by atoms with E-state index in [4.69, 9.17) is 0 Å². The molecule has 0 bridgehead atoms. The van der Waals surface area contributed by atoms with Crippen molar-refractivity contribution in [2.45, 2.75) is 72.4 Å². The van der Waals surface area contributed by atoms with Crippen molar-refractivity contribution in [1.29, 1.82) is 0 Å². The first kappa shape index (κ1) is 15.9. The average molecular weight is 228 g/mol. The Balaban J connectivity index is 3.77. The topological polar surface area (TPSA) is 15.3 Å². The van der Waals surface area contributed by atoms with Crippen LogP contribution in [0.2, 0.25) is 0 Å². The Labute approximate surface area is 103 Å². The van der Waals surface area contributed by atoms with Crippen molar-refractivity contribution in [2.75, 3.05) is 19.6 Å². The molecule has 0 saturated carbocycles. The summed E-state index contributed by atoms with van der Waals surface area (Å²) < 4.78 is 0. The summed E-state index contributed by atoms with van der Waals surface area (Å²) in [6.45, 7) is 17.0. The molecule has 0 spiro atoms. The molecule has 0 radical (unpaired) electrons. The first-order valence-electron chi connectivity index (χ1n) is 6.86. The first-order chi connectivity index (χ1) is 7.37. The standard InChI is InChI=1S/C14H32N2/c1-7-8-9-11-16(13(2)3)12-10-15-14(4,5)6/h13,15H,7-12H2,1-6H3. The molecule has 0 amide bonds. The summed E-state index contributed by atoms with van der Waals surface area (Å²) >= 11 is 0. The number of nitrogens with one attached hydrogen (secondary N) is 1. The molecule has 0 aliphatic rings. The van der Waals surface area contributed by atoms with Gasteiger partial charge in [0, 0.05) is 24.7 Å². The zero-order valence-corrected chi connectivity index (χ0v) is 12.3. The SMILES string of the molecule is CCCCCN(CCNC(C)(C)C)C(C)C. The average Bonchev–Trinajstić information content (AvgIpc) is 2.13. The minimum absolute atomic E-state index is 0.242. The lowest BCUT2D eigenvalue weighted by Crippen LogP contribution is -2.43. The van der Waals surface area contributed by atoms with Crippen LogP contribution >= 0.6 is 0 Å². The maximum Gasteiger partial charge on any atom is 0.0110 e. The molecular formula is C14H32N2. The lowest BCUT2D eigenvalue weighted by atomic mass is 10.1. The molecule has 2 heteroatoms. The molecule has 0 atom stereocenters. The molecule has 1 N–H and O–H groups in total. The van der Waals surface area contributed by atoms with Gasteiger partial charge in [0.05, 0.1) is 0 Å². The summed E-state index contributed by atoms with van der Waals surface area (Å²) in [5.74, 6) is 0. The minimum atomic E-state index is 0.242. The van der Waals surface area contributed by atoms with Crippen LogP contribution in [0.4, 0.5) is 0 Å². The monoisotopic (exact) mass is 228 g/mol. The van der Waals surface area contributed by atoms with Gasteiger partial charge in [-0.15, -0.1) is 0 Å². The molecule has 2 nitrogen and oxygen atoms in total. The van der Waals surface area contributed by atoms with E-state index in [2.05, 4.69) is 51.8 Å². The van der Waals surface area contributed by atoms with Crippen LogP contribution in [0.1, 0.15) is 60.8 Å². The van der Waals surface area contributed by atoms with Crippen LogP contribution in [0, 0.1) is 0 Å². The van der Waals surface area contributed by atoms with Crippen LogP contribution in [0.5, 0.6) is 0 Å². The highest BCUT2D eigenvalue weighted by Gasteiger charge is 2.11. The molecule has 0 aromatic heterocycles. The van der Waals surface area contributed by atoms with Crippen LogP contribution in [-0.2, 0) is 0 Å². The number of rotatable bonds is 8. The van der Waals surface area contributed by atoms with E-state index in [0.717, 1.165) is 6.54 Å². The third-order valence-corrected chi connectivity index (χ3v) is 2.83. The molecule has 0 aliphatic heterocycles. The van der Waals surface area contributed by atoms with Crippen molar-refractivity contribution in [3.63, 3.8) is 0 Å². The molecule has 0 unspecified atom stereocenters. The van der Waals surface area contributed by atoms with Crippen LogP contribution < -0.4 is 5.32 Å². The minimum Gasteiger partial charge on any atom is -0.311 e. The van der Waals surface area contributed by atoms with Crippen molar-refractivity contribution >= 4 is 0 Å². The summed E-state index contributed by atoms with van der Waals surface area (Å²) in [6, 6.07) is 0.665. The fourth-order valence-electron chi connectivity index (χ4n) is 1.77. The largest absolute Gasteiger partial charge is 0.311 e. The molecule has 0 aliphatic carbocycles. The number of nitrogens with zero attached hydrogens (tertiary/aromatic N) is 1. The molecule has 0 aromatic rings. The molecule has 0 rings (SSSR count). The molecule has 0 aromatic carbocycles. The van der Waals surface area contributed by atoms with Gasteiger partial charge in [0.25, 0.3) is 0 Å². The summed E-state index contributed by atoms with van der Waals surface area (Å²) in [5, 5.41) is 3.56. The van der Waals surface area contributed by atoms with Gasteiger partial charge in [0.1, 0.15) is 0 Å². The predicted molar refractivity (Wildman–Crippen MR) is 74.0 cm³/mol. The fourth-order valence-corrected chi connectivity index (χ4v) is 1.77. The van der Waals surface area contributed by atoms with Crippen molar-refractivity contribution < 1.29 is 0 Å². The molecule has 0 heterocycles. The van der Waals surface area contributed by atoms with Gasteiger partial charge < -0.3 is 5.32 Å². The Hall–Kier alpha value is -0.0800. The van der Waals surface area contributed by atoms with Gasteiger partial charge in [-0.2, -0.15) is 0 Å². The maximum atomic E-state index is 3.56. The Kier molecular flexibility index (Phi) is 8.04. The lowest BCUT2D eigenvalue weighted by molar-refractivity contribution is 0.210. The Morgan fingerprint density at radius 3 is 2.12 bits per heavy atom. The van der Waals surface area contributed by atoms with Gasteiger partial charge in [-0.1, -0.05) is 19.8 Å².